The lowest BCUT2D eigenvalue weighted by Gasteiger charge is -2.10. The van der Waals surface area contributed by atoms with E-state index in [9.17, 15) is 13.3 Å². The van der Waals surface area contributed by atoms with E-state index in [1.807, 2.05) is 6.07 Å². The van der Waals surface area contributed by atoms with Crippen molar-refractivity contribution in [3.8, 4) is 11.8 Å². The Balaban J connectivity index is 2.97. The van der Waals surface area contributed by atoms with Gasteiger partial charge in [0.2, 0.25) is 11.6 Å². The molecule has 2 nitrogen and oxygen atoms in total. The zero-order chi connectivity index (χ0) is 12.1. The zero-order valence-electron chi connectivity index (χ0n) is 8.64. The van der Waals surface area contributed by atoms with Gasteiger partial charge in [0.15, 0.2) is 5.82 Å². The Bertz CT molecular complexity index is 414. The Morgan fingerprint density at radius 3 is 2.69 bits per heavy atom. The maximum Gasteiger partial charge on any atom is 0.213 e. The van der Waals surface area contributed by atoms with Gasteiger partial charge < -0.3 is 0 Å². The fourth-order valence-corrected chi connectivity index (χ4v) is 1.42. The molecule has 0 amide bonds. The molecule has 0 aromatic heterocycles. The van der Waals surface area contributed by atoms with Crippen molar-refractivity contribution in [2.45, 2.75) is 19.8 Å². The summed E-state index contributed by atoms with van der Waals surface area (Å²) in [6, 6.07) is 4.11. The molecular formula is C11H10F3NO. The maximum absolute atomic E-state index is 13.1. The molecule has 16 heavy (non-hydrogen) atoms. The fourth-order valence-electron chi connectivity index (χ4n) is 1.42. The number of hydrogen-bond acceptors (Lipinski definition) is 2. The molecule has 1 aromatic carbocycles. The second kappa shape index (κ2) is 5.40. The summed E-state index contributed by atoms with van der Waals surface area (Å²) >= 11 is 0. The summed E-state index contributed by atoms with van der Waals surface area (Å²) < 4.78 is 37.9. The molecule has 5 heteroatoms. The van der Waals surface area contributed by atoms with Crippen molar-refractivity contribution < 1.29 is 18.2 Å². The largest absolute Gasteiger partial charge is 0.291 e. The van der Waals surface area contributed by atoms with Crippen LogP contribution in [0.3, 0.4) is 0 Å². The molecular weight excluding hydrogens is 219 g/mol. The van der Waals surface area contributed by atoms with Gasteiger partial charge in [0.1, 0.15) is 0 Å². The summed E-state index contributed by atoms with van der Waals surface area (Å²) in [5.41, 5.74) is 0.212. The molecule has 0 heterocycles. The Morgan fingerprint density at radius 1 is 1.44 bits per heavy atom. The molecule has 0 radical (unpaired) electrons. The minimum Gasteiger partial charge on any atom is -0.291 e. The molecule has 1 aromatic rings. The van der Waals surface area contributed by atoms with E-state index in [0.29, 0.717) is 0 Å². The monoisotopic (exact) mass is 229 g/mol. The van der Waals surface area contributed by atoms with Crippen molar-refractivity contribution in [3.63, 3.8) is 0 Å². The van der Waals surface area contributed by atoms with Gasteiger partial charge in [-0.15, -0.1) is 0 Å². The van der Waals surface area contributed by atoms with Crippen molar-refractivity contribution in [2.24, 2.45) is 5.92 Å². The van der Waals surface area contributed by atoms with Crippen LogP contribution in [0.15, 0.2) is 12.1 Å². The van der Waals surface area contributed by atoms with Gasteiger partial charge in [0.25, 0.3) is 0 Å². The molecule has 0 aliphatic heterocycles. The number of benzene rings is 1. The minimum atomic E-state index is -1.34. The Kier molecular flexibility index (Phi) is 4.18. The van der Waals surface area contributed by atoms with Gasteiger partial charge in [-0.2, -0.15) is 9.65 Å². The third-order valence-corrected chi connectivity index (χ3v) is 2.22. The average Bonchev–Trinajstić information content (AvgIpc) is 2.24. The van der Waals surface area contributed by atoms with E-state index in [2.05, 4.69) is 4.94 Å². The summed E-state index contributed by atoms with van der Waals surface area (Å²) in [5.74, 6) is -3.32. The van der Waals surface area contributed by atoms with Gasteiger partial charge in [-0.05, 0) is 18.4 Å². The first-order valence-electron chi connectivity index (χ1n) is 4.72. The molecule has 86 valence electrons. The maximum atomic E-state index is 13.1. The normalized spacial score (nSPS) is 11.9. The summed E-state index contributed by atoms with van der Waals surface area (Å²) in [4.78, 5) is 3.34. The van der Waals surface area contributed by atoms with Crippen LogP contribution in [0.1, 0.15) is 18.9 Å². The molecule has 0 aliphatic rings. The van der Waals surface area contributed by atoms with Crippen LogP contribution >= 0.6 is 0 Å². The number of nitrogens with zero attached hydrogens (tertiary/aromatic N) is 1. The first kappa shape index (κ1) is 12.4. The Labute approximate surface area is 91.2 Å². The van der Waals surface area contributed by atoms with Crippen LogP contribution in [-0.2, 0) is 6.42 Å². The van der Waals surface area contributed by atoms with E-state index in [-0.39, 0.29) is 24.3 Å². The second-order valence-electron chi connectivity index (χ2n) is 3.60. The van der Waals surface area contributed by atoms with Gasteiger partial charge in [0, 0.05) is 16.5 Å². The lowest BCUT2D eigenvalue weighted by molar-refractivity contribution is -0.0127. The van der Waals surface area contributed by atoms with Crippen molar-refractivity contribution in [2.75, 3.05) is 0 Å². The van der Waals surface area contributed by atoms with E-state index in [1.165, 1.54) is 6.07 Å². The van der Waals surface area contributed by atoms with E-state index < -0.39 is 17.4 Å². The van der Waals surface area contributed by atoms with E-state index >= 15 is 0 Å². The smallest absolute Gasteiger partial charge is 0.213 e. The summed E-state index contributed by atoms with van der Waals surface area (Å²) in [6.45, 7) is 1.76. The number of nitriles is 1. The van der Waals surface area contributed by atoms with E-state index in [4.69, 9.17) is 5.26 Å². The predicted octanol–water partition coefficient (Wildman–Crippen LogP) is 3.32. The molecule has 0 aliphatic carbocycles. The molecule has 0 saturated heterocycles. The van der Waals surface area contributed by atoms with Crippen molar-refractivity contribution >= 4 is 0 Å². The van der Waals surface area contributed by atoms with Crippen LogP contribution in [0.25, 0.3) is 0 Å². The Morgan fingerprint density at radius 2 is 2.12 bits per heavy atom. The first-order chi connectivity index (χ1) is 7.60. The SMILES string of the molecule is CC(CC#N)Cc1ccc(F)c(F)c1OF. The highest BCUT2D eigenvalue weighted by molar-refractivity contribution is 5.35. The van der Waals surface area contributed by atoms with Crippen LogP contribution < -0.4 is 4.94 Å². The van der Waals surface area contributed by atoms with Gasteiger partial charge >= 0.3 is 0 Å². The van der Waals surface area contributed by atoms with Gasteiger partial charge in [0.05, 0.1) is 6.07 Å². The van der Waals surface area contributed by atoms with Crippen molar-refractivity contribution in [1.82, 2.24) is 0 Å². The molecule has 1 atom stereocenters. The summed E-state index contributed by atoms with van der Waals surface area (Å²) in [7, 11) is 0. The molecule has 0 fully saturated rings. The highest BCUT2D eigenvalue weighted by Gasteiger charge is 2.17. The molecule has 1 unspecified atom stereocenters. The van der Waals surface area contributed by atoms with E-state index in [0.717, 1.165) is 6.07 Å². The molecule has 0 spiro atoms. The van der Waals surface area contributed by atoms with Gasteiger partial charge in [-0.3, -0.25) is 4.94 Å². The first-order valence-corrected chi connectivity index (χ1v) is 4.72. The minimum absolute atomic E-state index is 0.0799. The number of rotatable bonds is 4. The number of hydrogen-bond donors (Lipinski definition) is 0. The third-order valence-electron chi connectivity index (χ3n) is 2.22. The topological polar surface area (TPSA) is 33.0 Å². The third kappa shape index (κ3) is 2.66. The molecule has 0 bridgehead atoms. The van der Waals surface area contributed by atoms with Crippen molar-refractivity contribution in [3.05, 3.63) is 29.3 Å². The van der Waals surface area contributed by atoms with E-state index in [1.54, 1.807) is 6.92 Å². The second-order valence-corrected chi connectivity index (χ2v) is 3.60. The molecule has 0 saturated carbocycles. The van der Waals surface area contributed by atoms with Crippen LogP contribution in [0.5, 0.6) is 5.75 Å². The predicted molar refractivity (Wildman–Crippen MR) is 51.2 cm³/mol. The van der Waals surface area contributed by atoms with Gasteiger partial charge in [-0.1, -0.05) is 13.0 Å². The summed E-state index contributed by atoms with van der Waals surface area (Å²) in [6.07, 6.45) is 0.509. The van der Waals surface area contributed by atoms with Crippen LogP contribution in [0.2, 0.25) is 0 Å². The fraction of sp³-hybridized carbons (Fsp3) is 0.364. The quantitative estimate of drug-likeness (QED) is 0.793. The lowest BCUT2D eigenvalue weighted by atomic mass is 9.98. The van der Waals surface area contributed by atoms with Gasteiger partial charge in [-0.25, -0.2) is 4.39 Å². The van der Waals surface area contributed by atoms with Crippen LogP contribution in [0, 0.1) is 28.9 Å². The molecule has 1 rings (SSSR count). The highest BCUT2D eigenvalue weighted by Crippen LogP contribution is 2.28. The number of halogens is 3. The standard InChI is InChI=1S/C11H10F3NO/c1-7(4-5-15)6-8-2-3-9(12)10(13)11(8)16-14/h2-3,7H,4,6H2,1H3. The molecule has 0 N–H and O–H groups in total. The average molecular weight is 229 g/mol. The summed E-state index contributed by atoms with van der Waals surface area (Å²) in [5, 5.41) is 8.45. The zero-order valence-corrected chi connectivity index (χ0v) is 8.64. The highest BCUT2D eigenvalue weighted by atomic mass is 19.3. The van der Waals surface area contributed by atoms with Crippen LogP contribution in [-0.4, -0.2) is 0 Å². The Hall–Kier alpha value is -1.70. The van der Waals surface area contributed by atoms with Crippen molar-refractivity contribution in [1.29, 1.82) is 5.26 Å². The lowest BCUT2D eigenvalue weighted by Crippen LogP contribution is -2.02. The van der Waals surface area contributed by atoms with Crippen LogP contribution in [0.4, 0.5) is 13.3 Å².